The summed E-state index contributed by atoms with van der Waals surface area (Å²) in [4.78, 5) is 21.3. The van der Waals surface area contributed by atoms with Gasteiger partial charge >= 0.3 is 0 Å². The summed E-state index contributed by atoms with van der Waals surface area (Å²) in [5.41, 5.74) is 6.29. The lowest BCUT2D eigenvalue weighted by atomic mass is 10.2. The molecule has 2 aromatic rings. The van der Waals surface area contributed by atoms with Gasteiger partial charge in [-0.2, -0.15) is 0 Å². The maximum atomic E-state index is 12.0. The van der Waals surface area contributed by atoms with Crippen molar-refractivity contribution in [1.29, 1.82) is 0 Å². The molecule has 0 saturated heterocycles. The van der Waals surface area contributed by atoms with Gasteiger partial charge in [-0.3, -0.25) is 10.1 Å². The minimum atomic E-state index is -0.236. The molecule has 0 aliphatic heterocycles. The van der Waals surface area contributed by atoms with Gasteiger partial charge in [-0.1, -0.05) is 11.8 Å². The van der Waals surface area contributed by atoms with Gasteiger partial charge in [-0.15, -0.1) is 11.3 Å². The van der Waals surface area contributed by atoms with Crippen LogP contribution in [0.5, 0.6) is 0 Å². The molecular formula is C13H12N4OS. The van der Waals surface area contributed by atoms with Crippen molar-refractivity contribution in [3.8, 4) is 11.8 Å². The fraction of sp³-hybridized carbons (Fsp3) is 0.154. The second-order valence-corrected chi connectivity index (χ2v) is 4.71. The van der Waals surface area contributed by atoms with E-state index >= 15 is 0 Å². The predicted molar refractivity (Wildman–Crippen MR) is 75.0 cm³/mol. The van der Waals surface area contributed by atoms with Crippen molar-refractivity contribution in [1.82, 2.24) is 9.97 Å². The van der Waals surface area contributed by atoms with Crippen LogP contribution >= 0.6 is 11.3 Å². The van der Waals surface area contributed by atoms with Crippen LogP contribution in [0.25, 0.3) is 0 Å². The number of nitrogens with two attached hydrogens (primary N) is 1. The van der Waals surface area contributed by atoms with Crippen LogP contribution in [0.3, 0.4) is 0 Å². The summed E-state index contributed by atoms with van der Waals surface area (Å²) >= 11 is 1.33. The van der Waals surface area contributed by atoms with E-state index in [1.807, 2.05) is 6.92 Å². The Hall–Kier alpha value is -2.23. The Morgan fingerprint density at radius 1 is 1.47 bits per heavy atom. The average Bonchev–Trinajstić information content (AvgIpc) is 2.79. The van der Waals surface area contributed by atoms with Crippen LogP contribution in [-0.2, 0) is 0 Å². The number of anilines is 1. The van der Waals surface area contributed by atoms with Gasteiger partial charge in [0, 0.05) is 12.4 Å². The normalized spacial score (nSPS) is 9.58. The van der Waals surface area contributed by atoms with Crippen LogP contribution in [0, 0.1) is 18.8 Å². The van der Waals surface area contributed by atoms with Crippen LogP contribution in [0.1, 0.15) is 20.1 Å². The highest BCUT2D eigenvalue weighted by molar-refractivity contribution is 7.14. The van der Waals surface area contributed by atoms with Crippen molar-refractivity contribution < 1.29 is 4.79 Å². The molecule has 2 heterocycles. The molecule has 0 bridgehead atoms. The number of thiophene rings is 1. The zero-order chi connectivity index (χ0) is 13.7. The number of nitrogens with zero attached hydrogens (tertiary/aromatic N) is 2. The highest BCUT2D eigenvalue weighted by Gasteiger charge is 2.12. The van der Waals surface area contributed by atoms with Crippen molar-refractivity contribution in [3.63, 3.8) is 0 Å². The minimum absolute atomic E-state index is 0.236. The first kappa shape index (κ1) is 13.2. The highest BCUT2D eigenvalue weighted by Crippen LogP contribution is 2.21. The number of carbonyl (C=O) groups is 1. The summed E-state index contributed by atoms with van der Waals surface area (Å²) in [6, 6.07) is 3.48. The van der Waals surface area contributed by atoms with Gasteiger partial charge < -0.3 is 5.73 Å². The summed E-state index contributed by atoms with van der Waals surface area (Å²) in [5, 5.41) is 2.63. The first-order valence-electron chi connectivity index (χ1n) is 5.58. The molecule has 96 valence electrons. The van der Waals surface area contributed by atoms with E-state index in [0.717, 1.165) is 10.4 Å². The molecule has 0 aromatic carbocycles. The minimum Gasteiger partial charge on any atom is -0.320 e. The van der Waals surface area contributed by atoms with Crippen LogP contribution < -0.4 is 11.1 Å². The first-order valence-corrected chi connectivity index (χ1v) is 6.40. The standard InChI is InChI=1S/C13H12N4OS/c1-9-8-11(19-10(9)4-2-5-14)12(18)17-13-15-6-3-7-16-13/h3,6-8H,5,14H2,1H3,(H,15,16,17,18). The van der Waals surface area contributed by atoms with E-state index in [1.165, 1.54) is 11.3 Å². The van der Waals surface area contributed by atoms with Gasteiger partial charge in [0.05, 0.1) is 16.3 Å². The van der Waals surface area contributed by atoms with E-state index in [-0.39, 0.29) is 11.9 Å². The molecule has 19 heavy (non-hydrogen) atoms. The number of nitrogens with one attached hydrogen (secondary N) is 1. The van der Waals surface area contributed by atoms with Gasteiger partial charge in [-0.05, 0) is 24.6 Å². The molecule has 2 rings (SSSR count). The Kier molecular flexibility index (Phi) is 4.23. The smallest absolute Gasteiger partial charge is 0.268 e. The number of hydrogen-bond donors (Lipinski definition) is 2. The average molecular weight is 272 g/mol. The zero-order valence-corrected chi connectivity index (χ0v) is 11.1. The molecule has 0 radical (unpaired) electrons. The molecule has 6 heteroatoms. The molecule has 0 unspecified atom stereocenters. The number of aryl methyl sites for hydroxylation is 1. The number of aromatic nitrogens is 2. The maximum Gasteiger partial charge on any atom is 0.268 e. The van der Waals surface area contributed by atoms with Gasteiger partial charge in [0.1, 0.15) is 0 Å². The van der Waals surface area contributed by atoms with Crippen molar-refractivity contribution >= 4 is 23.2 Å². The number of carbonyl (C=O) groups excluding carboxylic acids is 1. The third-order valence-electron chi connectivity index (χ3n) is 2.24. The highest BCUT2D eigenvalue weighted by atomic mass is 32.1. The molecule has 3 N–H and O–H groups in total. The van der Waals surface area contributed by atoms with Gasteiger partial charge in [-0.25, -0.2) is 9.97 Å². The molecule has 0 saturated carbocycles. The molecular weight excluding hydrogens is 260 g/mol. The van der Waals surface area contributed by atoms with Crippen LogP contribution in [-0.4, -0.2) is 22.4 Å². The quantitative estimate of drug-likeness (QED) is 0.810. The largest absolute Gasteiger partial charge is 0.320 e. The molecule has 0 spiro atoms. The number of rotatable bonds is 2. The second-order valence-electron chi connectivity index (χ2n) is 3.66. The van der Waals surface area contributed by atoms with Gasteiger partial charge in [0.15, 0.2) is 0 Å². The SMILES string of the molecule is Cc1cc(C(=O)Nc2ncccn2)sc1C#CCN. The fourth-order valence-electron chi connectivity index (χ4n) is 1.38. The lowest BCUT2D eigenvalue weighted by Crippen LogP contribution is -2.12. The molecule has 2 aromatic heterocycles. The van der Waals surface area contributed by atoms with Crippen molar-refractivity contribution in [2.24, 2.45) is 5.73 Å². The topological polar surface area (TPSA) is 80.9 Å². The monoisotopic (exact) mass is 272 g/mol. The van der Waals surface area contributed by atoms with Crippen molar-refractivity contribution in [3.05, 3.63) is 39.8 Å². The summed E-state index contributed by atoms with van der Waals surface area (Å²) in [6.07, 6.45) is 3.14. The molecule has 5 nitrogen and oxygen atoms in total. The molecule has 0 aliphatic carbocycles. The van der Waals surface area contributed by atoms with Crippen molar-refractivity contribution in [2.75, 3.05) is 11.9 Å². The zero-order valence-electron chi connectivity index (χ0n) is 10.3. The van der Waals surface area contributed by atoms with E-state index in [9.17, 15) is 4.79 Å². The fourth-order valence-corrected chi connectivity index (χ4v) is 2.32. The lowest BCUT2D eigenvalue weighted by Gasteiger charge is -1.99. The van der Waals surface area contributed by atoms with E-state index in [2.05, 4.69) is 27.1 Å². The number of hydrogen-bond acceptors (Lipinski definition) is 5. The lowest BCUT2D eigenvalue weighted by molar-refractivity contribution is 0.102. The van der Waals surface area contributed by atoms with Crippen LogP contribution in [0.15, 0.2) is 24.5 Å². The first-order chi connectivity index (χ1) is 9.20. The van der Waals surface area contributed by atoms with Crippen LogP contribution in [0.2, 0.25) is 0 Å². The maximum absolute atomic E-state index is 12.0. The second kappa shape index (κ2) is 6.09. The third-order valence-corrected chi connectivity index (χ3v) is 3.39. The van der Waals surface area contributed by atoms with E-state index in [4.69, 9.17) is 5.73 Å². The molecule has 0 fully saturated rings. The summed E-state index contributed by atoms with van der Waals surface area (Å²) in [5.74, 6) is 5.77. The molecule has 0 aliphatic rings. The van der Waals surface area contributed by atoms with E-state index in [1.54, 1.807) is 24.5 Å². The Bertz CT molecular complexity index is 640. The van der Waals surface area contributed by atoms with Crippen molar-refractivity contribution in [2.45, 2.75) is 6.92 Å². The Labute approximate surface area is 114 Å². The Balaban J connectivity index is 2.16. The van der Waals surface area contributed by atoms with Crippen LogP contribution in [0.4, 0.5) is 5.95 Å². The Morgan fingerprint density at radius 2 is 2.21 bits per heavy atom. The molecule has 0 atom stereocenters. The third kappa shape index (κ3) is 3.37. The summed E-state index contributed by atoms with van der Waals surface area (Å²) in [6.45, 7) is 2.21. The van der Waals surface area contributed by atoms with Gasteiger partial charge in [0.25, 0.3) is 5.91 Å². The van der Waals surface area contributed by atoms with E-state index < -0.39 is 0 Å². The summed E-state index contributed by atoms with van der Waals surface area (Å²) in [7, 11) is 0. The molecule has 1 amide bonds. The predicted octanol–water partition coefficient (Wildman–Crippen LogP) is 1.41. The van der Waals surface area contributed by atoms with Gasteiger partial charge in [0.2, 0.25) is 5.95 Å². The summed E-state index contributed by atoms with van der Waals surface area (Å²) < 4.78 is 0. The Morgan fingerprint density at radius 3 is 2.89 bits per heavy atom. The number of amides is 1. The van der Waals surface area contributed by atoms with E-state index in [0.29, 0.717) is 11.4 Å².